The third-order valence-electron chi connectivity index (χ3n) is 0.733. The predicted octanol–water partition coefficient (Wildman–Crippen LogP) is 1.67. The lowest BCUT2D eigenvalue weighted by Crippen LogP contribution is -2.06. The molecule has 0 aliphatic heterocycles. The highest BCUT2D eigenvalue weighted by Gasteiger charge is 2.25. The molecule has 0 amide bonds. The molecule has 0 aromatic heterocycles. The van der Waals surface area contributed by atoms with Crippen molar-refractivity contribution >= 4 is 6.29 Å². The Labute approximate surface area is 61.6 Å². The van der Waals surface area contributed by atoms with Gasteiger partial charge >= 0.3 is 6.18 Å². The van der Waals surface area contributed by atoms with Crippen molar-refractivity contribution in [2.45, 2.75) is 13.1 Å². The van der Waals surface area contributed by atoms with Crippen LogP contribution >= 0.6 is 0 Å². The summed E-state index contributed by atoms with van der Waals surface area (Å²) in [5.74, 6) is -0.694. The molecule has 0 fully saturated rings. The van der Waals surface area contributed by atoms with Crippen LogP contribution in [0.3, 0.4) is 0 Å². The topological polar surface area (TPSA) is 26.3 Å². The molecule has 0 aliphatic carbocycles. The van der Waals surface area contributed by atoms with E-state index in [-0.39, 0.29) is 19.0 Å². The van der Waals surface area contributed by atoms with Crippen LogP contribution in [0.25, 0.3) is 0 Å². The zero-order chi connectivity index (χ0) is 8.91. The minimum absolute atomic E-state index is 0.0248. The Bertz CT molecular complexity index is 160. The van der Waals surface area contributed by atoms with E-state index in [1.807, 2.05) is 0 Å². The normalized spacial score (nSPS) is 12.9. The predicted molar refractivity (Wildman–Crippen MR) is 31.8 cm³/mol. The number of aldehydes is 1. The van der Waals surface area contributed by atoms with Crippen molar-refractivity contribution < 1.29 is 22.7 Å². The van der Waals surface area contributed by atoms with Gasteiger partial charge in [0.05, 0.1) is 12.7 Å². The molecule has 0 bridgehead atoms. The summed E-state index contributed by atoms with van der Waals surface area (Å²) in [6.07, 6.45) is -4.65. The van der Waals surface area contributed by atoms with Crippen molar-refractivity contribution in [3.05, 3.63) is 11.8 Å². The molecule has 0 saturated heterocycles. The van der Waals surface area contributed by atoms with Gasteiger partial charge in [0, 0.05) is 0 Å². The van der Waals surface area contributed by atoms with Gasteiger partial charge in [0.1, 0.15) is 0 Å². The fourth-order valence-electron chi connectivity index (χ4n) is 0.438. The third kappa shape index (κ3) is 5.44. The van der Waals surface area contributed by atoms with Crippen molar-refractivity contribution in [3.63, 3.8) is 0 Å². The first-order valence-corrected chi connectivity index (χ1v) is 2.87. The van der Waals surface area contributed by atoms with Crippen LogP contribution in [0, 0.1) is 0 Å². The van der Waals surface area contributed by atoms with E-state index >= 15 is 0 Å². The molecular weight excluding hydrogens is 161 g/mol. The van der Waals surface area contributed by atoms with Crippen LogP contribution in [0.15, 0.2) is 11.8 Å². The minimum Gasteiger partial charge on any atom is -0.490 e. The van der Waals surface area contributed by atoms with Crippen LogP contribution in [0.5, 0.6) is 0 Å². The van der Waals surface area contributed by atoms with Crippen LogP contribution in [-0.2, 0) is 9.53 Å². The number of halogens is 3. The van der Waals surface area contributed by atoms with E-state index in [9.17, 15) is 18.0 Å². The Morgan fingerprint density at radius 2 is 2.09 bits per heavy atom. The molecule has 0 unspecified atom stereocenters. The first-order chi connectivity index (χ1) is 4.99. The molecule has 0 atom stereocenters. The zero-order valence-electron chi connectivity index (χ0n) is 5.81. The second-order valence-electron chi connectivity index (χ2n) is 1.64. The lowest BCUT2D eigenvalue weighted by atomic mass is 10.4. The summed E-state index contributed by atoms with van der Waals surface area (Å²) in [6, 6.07) is 0. The fraction of sp³-hybridized carbons (Fsp3) is 0.500. The summed E-state index contributed by atoms with van der Waals surface area (Å²) >= 11 is 0. The van der Waals surface area contributed by atoms with Gasteiger partial charge in [-0.15, -0.1) is 0 Å². The van der Waals surface area contributed by atoms with Gasteiger partial charge in [0.2, 0.25) is 0 Å². The van der Waals surface area contributed by atoms with Crippen LogP contribution < -0.4 is 0 Å². The van der Waals surface area contributed by atoms with E-state index < -0.39 is 11.9 Å². The molecule has 0 aliphatic rings. The van der Waals surface area contributed by atoms with Gasteiger partial charge in [0.15, 0.2) is 12.0 Å². The average molecular weight is 168 g/mol. The Balaban J connectivity index is 4.23. The van der Waals surface area contributed by atoms with Gasteiger partial charge in [-0.1, -0.05) is 0 Å². The molecule has 0 aromatic carbocycles. The fourth-order valence-corrected chi connectivity index (χ4v) is 0.438. The van der Waals surface area contributed by atoms with E-state index in [1.54, 1.807) is 0 Å². The van der Waals surface area contributed by atoms with Gasteiger partial charge in [-0.2, -0.15) is 13.2 Å². The van der Waals surface area contributed by atoms with Crippen LogP contribution in [-0.4, -0.2) is 19.1 Å². The second-order valence-corrected chi connectivity index (χ2v) is 1.64. The van der Waals surface area contributed by atoms with E-state index in [1.165, 1.54) is 6.92 Å². The third-order valence-corrected chi connectivity index (χ3v) is 0.733. The number of allylic oxidation sites excluding steroid dienone is 2. The number of hydrogen-bond acceptors (Lipinski definition) is 2. The summed E-state index contributed by atoms with van der Waals surface area (Å²) in [5.41, 5.74) is 0. The highest BCUT2D eigenvalue weighted by Crippen LogP contribution is 2.18. The number of alkyl halides is 3. The van der Waals surface area contributed by atoms with Crippen LogP contribution in [0.1, 0.15) is 6.92 Å². The highest BCUT2D eigenvalue weighted by molar-refractivity contribution is 5.70. The number of carbonyl (C=O) groups is 1. The van der Waals surface area contributed by atoms with Crippen LogP contribution in [0.2, 0.25) is 0 Å². The Hall–Kier alpha value is -1.00. The smallest absolute Gasteiger partial charge is 0.413 e. The van der Waals surface area contributed by atoms with Gasteiger partial charge in [-0.3, -0.25) is 4.79 Å². The van der Waals surface area contributed by atoms with Crippen molar-refractivity contribution in [1.29, 1.82) is 0 Å². The van der Waals surface area contributed by atoms with E-state index in [0.29, 0.717) is 0 Å². The molecule has 0 saturated carbocycles. The van der Waals surface area contributed by atoms with E-state index in [4.69, 9.17) is 0 Å². The van der Waals surface area contributed by atoms with Gasteiger partial charge < -0.3 is 4.74 Å². The standard InChI is InChI=1S/C6H7F3O2/c1-2-11-5(4-10)3-6(7,8)9/h3-4H,2H2,1H3. The second kappa shape index (κ2) is 4.00. The molecule has 11 heavy (non-hydrogen) atoms. The van der Waals surface area contributed by atoms with Crippen LogP contribution in [0.4, 0.5) is 13.2 Å². The van der Waals surface area contributed by atoms with Gasteiger partial charge in [-0.25, -0.2) is 0 Å². The van der Waals surface area contributed by atoms with Gasteiger partial charge in [0.25, 0.3) is 0 Å². The maximum atomic E-state index is 11.5. The number of carbonyl (C=O) groups excluding carboxylic acids is 1. The number of ether oxygens (including phenoxy) is 1. The first-order valence-electron chi connectivity index (χ1n) is 2.87. The average Bonchev–Trinajstić information content (AvgIpc) is 1.84. The zero-order valence-corrected chi connectivity index (χ0v) is 5.81. The molecule has 0 N–H and O–H groups in total. The van der Waals surface area contributed by atoms with Gasteiger partial charge in [-0.05, 0) is 6.92 Å². The van der Waals surface area contributed by atoms with Crippen molar-refractivity contribution in [2.75, 3.05) is 6.61 Å². The summed E-state index contributed by atoms with van der Waals surface area (Å²) in [5, 5.41) is 0. The van der Waals surface area contributed by atoms with E-state index in [2.05, 4.69) is 4.74 Å². The Morgan fingerprint density at radius 1 is 1.55 bits per heavy atom. The molecular formula is C6H7F3O2. The number of hydrogen-bond donors (Lipinski definition) is 0. The summed E-state index contributed by atoms with van der Waals surface area (Å²) in [4.78, 5) is 9.88. The first kappa shape index (κ1) is 10.0. The minimum atomic E-state index is -4.49. The molecule has 5 heteroatoms. The molecule has 64 valence electrons. The molecule has 0 aromatic rings. The monoisotopic (exact) mass is 168 g/mol. The lowest BCUT2D eigenvalue weighted by Gasteiger charge is -2.02. The largest absolute Gasteiger partial charge is 0.490 e. The molecule has 0 rings (SSSR count). The summed E-state index contributed by atoms with van der Waals surface area (Å²) in [7, 11) is 0. The molecule has 0 spiro atoms. The summed E-state index contributed by atoms with van der Waals surface area (Å²) in [6.45, 7) is 1.54. The summed E-state index contributed by atoms with van der Waals surface area (Å²) < 4.78 is 38.8. The Morgan fingerprint density at radius 3 is 2.36 bits per heavy atom. The maximum Gasteiger partial charge on any atom is 0.413 e. The molecule has 0 radical (unpaired) electrons. The maximum absolute atomic E-state index is 11.5. The lowest BCUT2D eigenvalue weighted by molar-refractivity contribution is -0.110. The quantitative estimate of drug-likeness (QED) is 0.364. The Kier molecular flexibility index (Phi) is 3.64. The van der Waals surface area contributed by atoms with E-state index in [0.717, 1.165) is 0 Å². The molecule has 2 nitrogen and oxygen atoms in total. The molecule has 0 heterocycles. The van der Waals surface area contributed by atoms with Crippen molar-refractivity contribution in [3.8, 4) is 0 Å². The van der Waals surface area contributed by atoms with Crippen molar-refractivity contribution in [2.24, 2.45) is 0 Å². The van der Waals surface area contributed by atoms with Crippen molar-refractivity contribution in [1.82, 2.24) is 0 Å². The SMILES string of the molecule is CCOC(C=O)=CC(F)(F)F. The highest BCUT2D eigenvalue weighted by atomic mass is 19.4. The number of rotatable bonds is 3.